The summed E-state index contributed by atoms with van der Waals surface area (Å²) in [7, 11) is 1.68. The standard InChI is InChI=1S/C13H23N3O2/c1-3-14-11-6-4-5-10(11)7-8-16-12(17)9-15(2)13(16)18/h10-11,14H,3-9H2,1-2H3. The van der Waals surface area contributed by atoms with E-state index in [1.165, 1.54) is 29.1 Å². The Bertz CT molecular complexity index is 332. The first-order chi connectivity index (χ1) is 8.63. The van der Waals surface area contributed by atoms with Gasteiger partial charge in [-0.1, -0.05) is 13.3 Å². The normalized spacial score (nSPS) is 28.6. The Balaban J connectivity index is 1.84. The van der Waals surface area contributed by atoms with E-state index in [9.17, 15) is 9.59 Å². The van der Waals surface area contributed by atoms with Gasteiger partial charge in [0.05, 0.1) is 0 Å². The summed E-state index contributed by atoms with van der Waals surface area (Å²) in [6.45, 7) is 3.93. The van der Waals surface area contributed by atoms with Gasteiger partial charge in [0.1, 0.15) is 6.54 Å². The number of urea groups is 1. The largest absolute Gasteiger partial charge is 0.326 e. The smallest absolute Gasteiger partial charge is 0.318 e. The third-order valence-corrected chi connectivity index (χ3v) is 4.08. The number of nitrogens with zero attached hydrogens (tertiary/aromatic N) is 2. The first-order valence-electron chi connectivity index (χ1n) is 6.92. The van der Waals surface area contributed by atoms with Crippen molar-refractivity contribution in [3.05, 3.63) is 0 Å². The molecule has 3 amide bonds. The molecule has 0 aromatic heterocycles. The van der Waals surface area contributed by atoms with Crippen LogP contribution in [0.2, 0.25) is 0 Å². The molecule has 2 aliphatic rings. The number of hydrogen-bond acceptors (Lipinski definition) is 3. The summed E-state index contributed by atoms with van der Waals surface area (Å²) < 4.78 is 0. The molecule has 2 fully saturated rings. The minimum Gasteiger partial charge on any atom is -0.318 e. The van der Waals surface area contributed by atoms with Gasteiger partial charge in [0.2, 0.25) is 5.91 Å². The third kappa shape index (κ3) is 2.66. The average Bonchev–Trinajstić information content (AvgIpc) is 2.85. The number of carbonyl (C=O) groups is 2. The predicted molar refractivity (Wildman–Crippen MR) is 69.2 cm³/mol. The van der Waals surface area contributed by atoms with E-state index in [0.717, 1.165) is 13.0 Å². The molecule has 2 atom stereocenters. The molecule has 2 rings (SSSR count). The molecule has 0 radical (unpaired) electrons. The van der Waals surface area contributed by atoms with Gasteiger partial charge in [-0.2, -0.15) is 0 Å². The molecule has 18 heavy (non-hydrogen) atoms. The van der Waals surface area contributed by atoms with Crippen LogP contribution in [-0.4, -0.2) is 54.5 Å². The summed E-state index contributed by atoms with van der Waals surface area (Å²) in [6, 6.07) is 0.429. The number of hydrogen-bond donors (Lipinski definition) is 1. The van der Waals surface area contributed by atoms with Crippen molar-refractivity contribution in [2.24, 2.45) is 5.92 Å². The van der Waals surface area contributed by atoms with Gasteiger partial charge in [0.15, 0.2) is 0 Å². The Morgan fingerprint density at radius 2 is 2.11 bits per heavy atom. The molecule has 102 valence electrons. The van der Waals surface area contributed by atoms with Gasteiger partial charge >= 0.3 is 6.03 Å². The Kier molecular flexibility index (Phi) is 4.22. The number of imide groups is 1. The van der Waals surface area contributed by atoms with Gasteiger partial charge in [-0.15, -0.1) is 0 Å². The molecule has 0 bridgehead atoms. The lowest BCUT2D eigenvalue weighted by Crippen LogP contribution is -2.37. The molecule has 5 heteroatoms. The van der Waals surface area contributed by atoms with Gasteiger partial charge in [0.25, 0.3) is 0 Å². The van der Waals surface area contributed by atoms with E-state index in [1.54, 1.807) is 7.05 Å². The molecule has 2 unspecified atom stereocenters. The maximum atomic E-state index is 11.7. The van der Waals surface area contributed by atoms with Crippen molar-refractivity contribution in [1.29, 1.82) is 0 Å². The van der Waals surface area contributed by atoms with Crippen molar-refractivity contribution in [3.8, 4) is 0 Å². The van der Waals surface area contributed by atoms with E-state index in [1.807, 2.05) is 0 Å². The monoisotopic (exact) mass is 253 g/mol. The highest BCUT2D eigenvalue weighted by molar-refractivity contribution is 6.01. The molecule has 0 spiro atoms. The lowest BCUT2D eigenvalue weighted by Gasteiger charge is -2.22. The minimum absolute atomic E-state index is 0.0551. The zero-order chi connectivity index (χ0) is 13.1. The minimum atomic E-state index is -0.141. The molecular formula is C13H23N3O2. The summed E-state index contributed by atoms with van der Waals surface area (Å²) in [5.74, 6) is 0.553. The molecule has 0 aromatic carbocycles. The van der Waals surface area contributed by atoms with Gasteiger partial charge in [-0.25, -0.2) is 4.79 Å². The fourth-order valence-corrected chi connectivity index (χ4v) is 3.10. The van der Waals surface area contributed by atoms with Crippen molar-refractivity contribution in [2.75, 3.05) is 26.7 Å². The van der Waals surface area contributed by atoms with Crippen LogP contribution >= 0.6 is 0 Å². The predicted octanol–water partition coefficient (Wildman–Crippen LogP) is 1.05. The van der Waals surface area contributed by atoms with Crippen LogP contribution in [0.3, 0.4) is 0 Å². The molecule has 1 N–H and O–H groups in total. The van der Waals surface area contributed by atoms with Crippen LogP contribution in [0.4, 0.5) is 4.79 Å². The zero-order valence-electron chi connectivity index (χ0n) is 11.3. The van der Waals surface area contributed by atoms with E-state index in [-0.39, 0.29) is 18.5 Å². The van der Waals surface area contributed by atoms with Crippen LogP contribution in [0.15, 0.2) is 0 Å². The Labute approximate surface area is 108 Å². The summed E-state index contributed by atoms with van der Waals surface area (Å²) in [4.78, 5) is 26.3. The van der Waals surface area contributed by atoms with Crippen molar-refractivity contribution in [2.45, 2.75) is 38.6 Å². The molecule has 5 nitrogen and oxygen atoms in total. The van der Waals surface area contributed by atoms with Crippen LogP contribution < -0.4 is 5.32 Å². The van der Waals surface area contributed by atoms with Crippen LogP contribution in [0.5, 0.6) is 0 Å². The van der Waals surface area contributed by atoms with E-state index in [0.29, 0.717) is 18.5 Å². The number of nitrogens with one attached hydrogen (secondary N) is 1. The van der Waals surface area contributed by atoms with Crippen molar-refractivity contribution in [1.82, 2.24) is 15.1 Å². The second-order valence-corrected chi connectivity index (χ2v) is 5.33. The third-order valence-electron chi connectivity index (χ3n) is 4.08. The van der Waals surface area contributed by atoms with Crippen LogP contribution in [0.1, 0.15) is 32.6 Å². The van der Waals surface area contributed by atoms with Crippen molar-refractivity contribution >= 4 is 11.9 Å². The lowest BCUT2D eigenvalue weighted by atomic mass is 9.99. The van der Waals surface area contributed by atoms with Gasteiger partial charge in [0, 0.05) is 19.6 Å². The van der Waals surface area contributed by atoms with Gasteiger partial charge in [-0.05, 0) is 31.7 Å². The van der Waals surface area contributed by atoms with Gasteiger partial charge in [-0.3, -0.25) is 9.69 Å². The molecule has 1 heterocycles. The molecule has 1 saturated carbocycles. The lowest BCUT2D eigenvalue weighted by molar-refractivity contribution is -0.125. The summed E-state index contributed by atoms with van der Waals surface area (Å²) in [6.07, 6.45) is 4.62. The summed E-state index contributed by atoms with van der Waals surface area (Å²) in [5, 5.41) is 3.50. The highest BCUT2D eigenvalue weighted by Gasteiger charge is 2.34. The highest BCUT2D eigenvalue weighted by Crippen LogP contribution is 2.29. The van der Waals surface area contributed by atoms with Gasteiger partial charge < -0.3 is 10.2 Å². The Morgan fingerprint density at radius 1 is 1.33 bits per heavy atom. The van der Waals surface area contributed by atoms with E-state index in [2.05, 4.69) is 12.2 Å². The van der Waals surface area contributed by atoms with Crippen LogP contribution in [-0.2, 0) is 4.79 Å². The Morgan fingerprint density at radius 3 is 2.72 bits per heavy atom. The first-order valence-corrected chi connectivity index (χ1v) is 6.92. The van der Waals surface area contributed by atoms with E-state index >= 15 is 0 Å². The molecule has 0 aromatic rings. The van der Waals surface area contributed by atoms with E-state index in [4.69, 9.17) is 0 Å². The summed E-state index contributed by atoms with van der Waals surface area (Å²) >= 11 is 0. The van der Waals surface area contributed by atoms with E-state index < -0.39 is 0 Å². The van der Waals surface area contributed by atoms with Crippen LogP contribution in [0, 0.1) is 5.92 Å². The highest BCUT2D eigenvalue weighted by atomic mass is 16.2. The SMILES string of the molecule is CCNC1CCCC1CCN1C(=O)CN(C)C1=O. The number of amides is 3. The van der Waals surface area contributed by atoms with Crippen molar-refractivity contribution in [3.63, 3.8) is 0 Å². The molecule has 1 aliphatic heterocycles. The van der Waals surface area contributed by atoms with Crippen molar-refractivity contribution < 1.29 is 9.59 Å². The average molecular weight is 253 g/mol. The molecular weight excluding hydrogens is 230 g/mol. The molecule has 1 aliphatic carbocycles. The number of likely N-dealkylation sites (N-methyl/N-ethyl adjacent to an activating group) is 1. The quantitative estimate of drug-likeness (QED) is 0.745. The maximum absolute atomic E-state index is 11.7. The fraction of sp³-hybridized carbons (Fsp3) is 0.846. The summed E-state index contributed by atoms with van der Waals surface area (Å²) in [5.41, 5.74) is 0. The first kappa shape index (κ1) is 13.3. The second-order valence-electron chi connectivity index (χ2n) is 5.33. The van der Waals surface area contributed by atoms with Crippen LogP contribution in [0.25, 0.3) is 0 Å². The second kappa shape index (κ2) is 5.69. The topological polar surface area (TPSA) is 52.7 Å². The zero-order valence-corrected chi connectivity index (χ0v) is 11.3. The molecule has 1 saturated heterocycles. The Hall–Kier alpha value is -1.10. The maximum Gasteiger partial charge on any atom is 0.326 e. The number of carbonyl (C=O) groups excluding carboxylic acids is 2. The number of rotatable bonds is 5. The fourth-order valence-electron chi connectivity index (χ4n) is 3.10.